The first-order valence-corrected chi connectivity index (χ1v) is 5.94. The number of hydrogen-bond donors (Lipinski definition) is 2. The number of aromatic nitrogens is 2. The van der Waals surface area contributed by atoms with Gasteiger partial charge in [-0.3, -0.25) is 4.57 Å². The molecule has 0 saturated carbocycles. The molecule has 6 heteroatoms. The lowest BCUT2D eigenvalue weighted by Gasteiger charge is -2.09. The van der Waals surface area contributed by atoms with Gasteiger partial charge in [0.25, 0.3) is 0 Å². The second kappa shape index (κ2) is 4.57. The number of halogens is 2. The van der Waals surface area contributed by atoms with Crippen LogP contribution < -0.4 is 5.73 Å². The molecule has 0 fully saturated rings. The third-order valence-electron chi connectivity index (χ3n) is 3.06. The highest BCUT2D eigenvalue weighted by atomic mass is 19.2. The molecule has 0 unspecified atom stereocenters. The molecule has 4 nitrogen and oxygen atoms in total. The van der Waals surface area contributed by atoms with Gasteiger partial charge in [0.05, 0.1) is 16.7 Å². The zero-order chi connectivity index (χ0) is 14.3. The molecule has 0 bridgehead atoms. The highest BCUT2D eigenvalue weighted by molar-refractivity contribution is 5.81. The van der Waals surface area contributed by atoms with E-state index in [0.717, 1.165) is 6.07 Å². The molecular formula is C14H11F2N3O. The van der Waals surface area contributed by atoms with Gasteiger partial charge in [-0.15, -0.1) is 0 Å². The van der Waals surface area contributed by atoms with Gasteiger partial charge in [-0.25, -0.2) is 13.8 Å². The van der Waals surface area contributed by atoms with Crippen LogP contribution in [-0.4, -0.2) is 14.7 Å². The Morgan fingerprint density at radius 3 is 2.75 bits per heavy atom. The molecule has 0 amide bonds. The maximum Gasteiger partial charge on any atom is 0.182 e. The van der Waals surface area contributed by atoms with Crippen LogP contribution in [0.3, 0.4) is 0 Å². The van der Waals surface area contributed by atoms with E-state index in [2.05, 4.69) is 4.98 Å². The Hall–Kier alpha value is -2.47. The topological polar surface area (TPSA) is 64.1 Å². The molecule has 3 aromatic rings. The number of fused-ring (bicyclic) bond motifs is 1. The quantitative estimate of drug-likeness (QED) is 0.706. The molecule has 1 heterocycles. The highest BCUT2D eigenvalue weighted by Crippen LogP contribution is 2.26. The summed E-state index contributed by atoms with van der Waals surface area (Å²) in [7, 11) is 0. The molecule has 3 N–H and O–H groups in total. The number of rotatable bonds is 2. The van der Waals surface area contributed by atoms with Crippen LogP contribution in [0.15, 0.2) is 36.4 Å². The number of aliphatic hydroxyl groups is 1. The number of hydrogen-bond acceptors (Lipinski definition) is 3. The molecule has 0 saturated heterocycles. The van der Waals surface area contributed by atoms with Crippen LogP contribution in [0.25, 0.3) is 16.7 Å². The fraction of sp³-hybridized carbons (Fsp3) is 0.0714. The molecule has 0 spiro atoms. The van der Waals surface area contributed by atoms with Crippen molar-refractivity contribution in [2.75, 3.05) is 5.73 Å². The van der Waals surface area contributed by atoms with Crippen LogP contribution in [0.1, 0.15) is 5.82 Å². The van der Waals surface area contributed by atoms with Gasteiger partial charge in [0.2, 0.25) is 0 Å². The molecule has 3 rings (SSSR count). The maximum absolute atomic E-state index is 14.0. The normalized spacial score (nSPS) is 11.2. The Labute approximate surface area is 113 Å². The fourth-order valence-electron chi connectivity index (χ4n) is 2.19. The van der Waals surface area contributed by atoms with Gasteiger partial charge < -0.3 is 10.8 Å². The van der Waals surface area contributed by atoms with Crippen LogP contribution in [0.4, 0.5) is 14.5 Å². The second-order valence-corrected chi connectivity index (χ2v) is 4.34. The number of nitrogens with zero attached hydrogens (tertiary/aromatic N) is 2. The minimum atomic E-state index is -0.988. The Balaban J connectivity index is 2.37. The fourth-order valence-corrected chi connectivity index (χ4v) is 2.19. The van der Waals surface area contributed by atoms with Gasteiger partial charge in [0.15, 0.2) is 11.6 Å². The highest BCUT2D eigenvalue weighted by Gasteiger charge is 2.16. The van der Waals surface area contributed by atoms with E-state index in [1.165, 1.54) is 16.7 Å². The number of nitrogens with two attached hydrogens (primary N) is 1. The maximum atomic E-state index is 14.0. The summed E-state index contributed by atoms with van der Waals surface area (Å²) < 4.78 is 28.7. The van der Waals surface area contributed by atoms with E-state index in [0.29, 0.717) is 16.7 Å². The molecule has 0 aliphatic rings. The first-order valence-electron chi connectivity index (χ1n) is 5.94. The zero-order valence-corrected chi connectivity index (χ0v) is 10.3. The lowest BCUT2D eigenvalue weighted by Crippen LogP contribution is -2.04. The Morgan fingerprint density at radius 2 is 2.00 bits per heavy atom. The van der Waals surface area contributed by atoms with Crippen molar-refractivity contribution in [3.8, 4) is 5.69 Å². The second-order valence-electron chi connectivity index (χ2n) is 4.34. The molecule has 20 heavy (non-hydrogen) atoms. The summed E-state index contributed by atoms with van der Waals surface area (Å²) in [5.74, 6) is -1.72. The van der Waals surface area contributed by atoms with E-state index in [1.54, 1.807) is 18.2 Å². The van der Waals surface area contributed by atoms with Crippen molar-refractivity contribution >= 4 is 16.7 Å². The average molecular weight is 275 g/mol. The minimum Gasteiger partial charge on any atom is -0.399 e. The predicted molar refractivity (Wildman–Crippen MR) is 71.3 cm³/mol. The van der Waals surface area contributed by atoms with Crippen molar-refractivity contribution in [3.05, 3.63) is 53.9 Å². The molecule has 0 aliphatic carbocycles. The van der Waals surface area contributed by atoms with Crippen LogP contribution in [0.2, 0.25) is 0 Å². The summed E-state index contributed by atoms with van der Waals surface area (Å²) in [5, 5.41) is 9.38. The number of benzene rings is 2. The van der Waals surface area contributed by atoms with Crippen molar-refractivity contribution in [1.29, 1.82) is 0 Å². The van der Waals surface area contributed by atoms with Crippen molar-refractivity contribution in [3.63, 3.8) is 0 Å². The Morgan fingerprint density at radius 1 is 1.20 bits per heavy atom. The third-order valence-corrected chi connectivity index (χ3v) is 3.06. The summed E-state index contributed by atoms with van der Waals surface area (Å²) in [6.07, 6.45) is 0. The van der Waals surface area contributed by atoms with Crippen LogP contribution in [-0.2, 0) is 6.61 Å². The monoisotopic (exact) mass is 275 g/mol. The smallest absolute Gasteiger partial charge is 0.182 e. The van der Waals surface area contributed by atoms with E-state index in [9.17, 15) is 13.9 Å². The van der Waals surface area contributed by atoms with Gasteiger partial charge in [0, 0.05) is 5.69 Å². The third kappa shape index (κ3) is 1.81. The molecule has 0 aliphatic heterocycles. The van der Waals surface area contributed by atoms with E-state index in [4.69, 9.17) is 5.73 Å². The summed E-state index contributed by atoms with van der Waals surface area (Å²) in [5.41, 5.74) is 7.24. The van der Waals surface area contributed by atoms with E-state index < -0.39 is 18.2 Å². The van der Waals surface area contributed by atoms with Gasteiger partial charge in [-0.1, -0.05) is 6.07 Å². The van der Waals surface area contributed by atoms with E-state index >= 15 is 0 Å². The standard InChI is InChI=1S/C14H11F2N3O/c15-9-2-1-3-12(14(9)16)19-11-5-4-8(17)6-10(11)18-13(19)7-20/h1-6,20H,7,17H2. The largest absolute Gasteiger partial charge is 0.399 e. The number of aliphatic hydroxyl groups excluding tert-OH is 1. The lowest BCUT2D eigenvalue weighted by molar-refractivity contribution is 0.269. The summed E-state index contributed by atoms with van der Waals surface area (Å²) in [6, 6.07) is 8.77. The molecular weight excluding hydrogens is 264 g/mol. The molecule has 0 atom stereocenters. The average Bonchev–Trinajstić information content (AvgIpc) is 2.79. The van der Waals surface area contributed by atoms with Crippen molar-refractivity contribution in [2.24, 2.45) is 0 Å². The van der Waals surface area contributed by atoms with Crippen molar-refractivity contribution in [1.82, 2.24) is 9.55 Å². The number of anilines is 1. The summed E-state index contributed by atoms with van der Waals surface area (Å²) in [4.78, 5) is 4.18. The Kier molecular flexibility index (Phi) is 2.87. The van der Waals surface area contributed by atoms with Crippen LogP contribution in [0, 0.1) is 11.6 Å². The van der Waals surface area contributed by atoms with E-state index in [-0.39, 0.29) is 11.5 Å². The molecule has 102 valence electrons. The number of imidazole rings is 1. The number of nitrogen functional groups attached to an aromatic ring is 1. The van der Waals surface area contributed by atoms with E-state index in [1.807, 2.05) is 0 Å². The van der Waals surface area contributed by atoms with Gasteiger partial charge in [-0.05, 0) is 30.3 Å². The van der Waals surface area contributed by atoms with Gasteiger partial charge in [0.1, 0.15) is 12.4 Å². The molecule has 0 radical (unpaired) electrons. The zero-order valence-electron chi connectivity index (χ0n) is 10.3. The van der Waals surface area contributed by atoms with Gasteiger partial charge >= 0.3 is 0 Å². The Bertz CT molecular complexity index is 798. The van der Waals surface area contributed by atoms with Crippen molar-refractivity contribution in [2.45, 2.75) is 6.61 Å². The minimum absolute atomic E-state index is 0.00122. The SMILES string of the molecule is Nc1ccc2c(c1)nc(CO)n2-c1cccc(F)c1F. The van der Waals surface area contributed by atoms with Gasteiger partial charge in [-0.2, -0.15) is 0 Å². The summed E-state index contributed by atoms with van der Waals surface area (Å²) >= 11 is 0. The molecule has 1 aromatic heterocycles. The van der Waals surface area contributed by atoms with Crippen LogP contribution >= 0.6 is 0 Å². The first kappa shape index (κ1) is 12.6. The summed E-state index contributed by atoms with van der Waals surface area (Å²) in [6.45, 7) is -0.398. The van der Waals surface area contributed by atoms with Crippen molar-refractivity contribution < 1.29 is 13.9 Å². The predicted octanol–water partition coefficient (Wildman–Crippen LogP) is 2.38. The van der Waals surface area contributed by atoms with Crippen LogP contribution in [0.5, 0.6) is 0 Å². The lowest BCUT2D eigenvalue weighted by atomic mass is 10.2. The molecule has 2 aromatic carbocycles. The first-order chi connectivity index (χ1) is 9.61.